The number of rotatable bonds is 6. The van der Waals surface area contributed by atoms with E-state index in [0.717, 1.165) is 4.88 Å². The molecule has 0 saturated carbocycles. The van der Waals surface area contributed by atoms with Crippen LogP contribution in [0.3, 0.4) is 0 Å². The molecule has 0 fully saturated rings. The van der Waals surface area contributed by atoms with E-state index in [1.165, 1.54) is 16.2 Å². The van der Waals surface area contributed by atoms with Crippen molar-refractivity contribution >= 4 is 29.2 Å². The Morgan fingerprint density at radius 1 is 1.19 bits per heavy atom. The minimum absolute atomic E-state index is 0.0218. The molecule has 0 spiro atoms. The molecule has 0 radical (unpaired) electrons. The number of hydrogen-bond donors (Lipinski definition) is 2. The van der Waals surface area contributed by atoms with Crippen LogP contribution < -0.4 is 10.6 Å². The molecule has 7 nitrogen and oxygen atoms in total. The van der Waals surface area contributed by atoms with Crippen LogP contribution in [-0.2, 0) is 16.1 Å². The first kappa shape index (κ1) is 17.1. The molecular formula is C13H20N4O3S. The van der Waals surface area contributed by atoms with E-state index in [1.54, 1.807) is 26.0 Å². The summed E-state index contributed by atoms with van der Waals surface area (Å²) in [6.45, 7) is 0.481. The van der Waals surface area contributed by atoms with Gasteiger partial charge in [0, 0.05) is 19.0 Å². The zero-order valence-electron chi connectivity index (χ0n) is 12.4. The van der Waals surface area contributed by atoms with Crippen molar-refractivity contribution in [1.29, 1.82) is 0 Å². The summed E-state index contributed by atoms with van der Waals surface area (Å²) in [4.78, 5) is 38.6. The molecule has 8 heteroatoms. The van der Waals surface area contributed by atoms with Gasteiger partial charge in [0.1, 0.15) is 0 Å². The largest absolute Gasteiger partial charge is 0.348 e. The monoisotopic (exact) mass is 312 g/mol. The first-order valence-corrected chi connectivity index (χ1v) is 7.25. The number of carbonyl (C=O) groups is 3. The lowest BCUT2D eigenvalue weighted by atomic mass is 10.4. The average Bonchev–Trinajstić information content (AvgIpc) is 2.88. The Morgan fingerprint density at radius 2 is 1.90 bits per heavy atom. The SMILES string of the molecule is CN(CC(=O)NC(=O)NCc1cccs1)CC(=O)N(C)C. The van der Waals surface area contributed by atoms with Gasteiger partial charge in [-0.2, -0.15) is 0 Å². The maximum absolute atomic E-state index is 11.6. The topological polar surface area (TPSA) is 81.8 Å². The molecule has 4 amide bonds. The number of urea groups is 1. The lowest BCUT2D eigenvalue weighted by Crippen LogP contribution is -2.45. The van der Waals surface area contributed by atoms with Crippen LogP contribution in [0.5, 0.6) is 0 Å². The van der Waals surface area contributed by atoms with E-state index in [9.17, 15) is 14.4 Å². The van der Waals surface area contributed by atoms with Crippen molar-refractivity contribution in [2.75, 3.05) is 34.2 Å². The summed E-state index contributed by atoms with van der Waals surface area (Å²) in [5.74, 6) is -0.555. The number of likely N-dealkylation sites (N-methyl/N-ethyl adjacent to an activating group) is 2. The average molecular weight is 312 g/mol. The molecule has 116 valence electrons. The fourth-order valence-corrected chi connectivity index (χ4v) is 2.11. The second kappa shape index (κ2) is 8.38. The van der Waals surface area contributed by atoms with Gasteiger partial charge in [-0.25, -0.2) is 4.79 Å². The zero-order valence-corrected chi connectivity index (χ0v) is 13.2. The predicted octanol–water partition coefficient (Wildman–Crippen LogP) is 0.0939. The molecule has 1 aromatic heterocycles. The molecule has 0 aliphatic carbocycles. The highest BCUT2D eigenvalue weighted by atomic mass is 32.1. The summed E-state index contributed by atoms with van der Waals surface area (Å²) in [6, 6.07) is 3.25. The number of nitrogens with zero attached hydrogens (tertiary/aromatic N) is 2. The molecule has 0 aromatic carbocycles. The first-order valence-electron chi connectivity index (χ1n) is 6.37. The summed E-state index contributed by atoms with van der Waals surface area (Å²) in [5, 5.41) is 6.73. The van der Waals surface area contributed by atoms with Crippen LogP contribution in [0.25, 0.3) is 0 Å². The molecule has 1 heterocycles. The number of amides is 4. The molecule has 1 rings (SSSR count). The molecule has 0 bridgehead atoms. The van der Waals surface area contributed by atoms with Gasteiger partial charge in [0.15, 0.2) is 0 Å². The van der Waals surface area contributed by atoms with Crippen LogP contribution in [0.4, 0.5) is 4.79 Å². The maximum atomic E-state index is 11.6. The van der Waals surface area contributed by atoms with Gasteiger partial charge in [0.05, 0.1) is 19.6 Å². The predicted molar refractivity (Wildman–Crippen MR) is 80.9 cm³/mol. The Bertz CT molecular complexity index is 488. The minimum atomic E-state index is -0.541. The van der Waals surface area contributed by atoms with Crippen LogP contribution in [-0.4, -0.2) is 61.9 Å². The van der Waals surface area contributed by atoms with Crippen LogP contribution in [0.15, 0.2) is 17.5 Å². The third kappa shape index (κ3) is 6.87. The van der Waals surface area contributed by atoms with E-state index >= 15 is 0 Å². The van der Waals surface area contributed by atoms with Gasteiger partial charge in [0.2, 0.25) is 11.8 Å². The van der Waals surface area contributed by atoms with Crippen LogP contribution in [0.2, 0.25) is 0 Å². The fraction of sp³-hybridized carbons (Fsp3) is 0.462. The van der Waals surface area contributed by atoms with Gasteiger partial charge in [-0.1, -0.05) is 6.07 Å². The number of carbonyl (C=O) groups excluding carboxylic acids is 3. The van der Waals surface area contributed by atoms with Gasteiger partial charge in [-0.15, -0.1) is 11.3 Å². The van der Waals surface area contributed by atoms with Gasteiger partial charge in [-0.3, -0.25) is 19.8 Å². The van der Waals surface area contributed by atoms with Crippen molar-refractivity contribution in [3.05, 3.63) is 22.4 Å². The Balaban J connectivity index is 2.26. The molecule has 0 unspecified atom stereocenters. The third-order valence-electron chi connectivity index (χ3n) is 2.57. The van der Waals surface area contributed by atoms with Crippen molar-refractivity contribution in [2.45, 2.75) is 6.54 Å². The molecule has 2 N–H and O–H groups in total. The Kier molecular flexibility index (Phi) is 6.83. The van der Waals surface area contributed by atoms with E-state index in [1.807, 2.05) is 17.5 Å². The number of nitrogens with one attached hydrogen (secondary N) is 2. The maximum Gasteiger partial charge on any atom is 0.321 e. The van der Waals surface area contributed by atoms with E-state index in [0.29, 0.717) is 6.54 Å². The summed E-state index contributed by atoms with van der Waals surface area (Å²) in [6.07, 6.45) is 0. The summed E-state index contributed by atoms with van der Waals surface area (Å²) >= 11 is 1.53. The zero-order chi connectivity index (χ0) is 15.8. The van der Waals surface area contributed by atoms with Crippen molar-refractivity contribution in [2.24, 2.45) is 0 Å². The first-order chi connectivity index (χ1) is 9.88. The van der Waals surface area contributed by atoms with E-state index in [2.05, 4.69) is 10.6 Å². The number of imide groups is 1. The van der Waals surface area contributed by atoms with E-state index in [-0.39, 0.29) is 19.0 Å². The molecule has 0 aliphatic rings. The highest BCUT2D eigenvalue weighted by Crippen LogP contribution is 2.06. The smallest absolute Gasteiger partial charge is 0.321 e. The van der Waals surface area contributed by atoms with Gasteiger partial charge >= 0.3 is 6.03 Å². The van der Waals surface area contributed by atoms with Crippen LogP contribution >= 0.6 is 11.3 Å². The third-order valence-corrected chi connectivity index (χ3v) is 3.45. The van der Waals surface area contributed by atoms with Gasteiger partial charge < -0.3 is 10.2 Å². The fourth-order valence-electron chi connectivity index (χ4n) is 1.46. The Hall–Kier alpha value is -1.93. The molecule has 21 heavy (non-hydrogen) atoms. The van der Waals surface area contributed by atoms with Gasteiger partial charge in [0.25, 0.3) is 0 Å². The molecule has 0 saturated heterocycles. The van der Waals surface area contributed by atoms with Crippen molar-refractivity contribution in [3.63, 3.8) is 0 Å². The van der Waals surface area contributed by atoms with Crippen LogP contribution in [0.1, 0.15) is 4.88 Å². The number of thiophene rings is 1. The lowest BCUT2D eigenvalue weighted by molar-refractivity contribution is -0.130. The normalized spacial score (nSPS) is 10.3. The molecule has 0 atom stereocenters. The Morgan fingerprint density at radius 3 is 2.48 bits per heavy atom. The highest BCUT2D eigenvalue weighted by Gasteiger charge is 2.13. The lowest BCUT2D eigenvalue weighted by Gasteiger charge is -2.18. The summed E-state index contributed by atoms with van der Waals surface area (Å²) < 4.78 is 0. The molecule has 0 aliphatic heterocycles. The van der Waals surface area contributed by atoms with Crippen molar-refractivity contribution in [1.82, 2.24) is 20.4 Å². The standard InChI is InChI=1S/C13H20N4O3S/c1-16(2)12(19)9-17(3)8-11(18)15-13(20)14-7-10-5-4-6-21-10/h4-6H,7-9H2,1-3H3,(H2,14,15,18,20). The highest BCUT2D eigenvalue weighted by molar-refractivity contribution is 7.09. The Labute approximate surface area is 127 Å². The van der Waals surface area contributed by atoms with E-state index in [4.69, 9.17) is 0 Å². The van der Waals surface area contributed by atoms with Crippen molar-refractivity contribution in [3.8, 4) is 0 Å². The van der Waals surface area contributed by atoms with E-state index < -0.39 is 11.9 Å². The molecular weight excluding hydrogens is 292 g/mol. The number of hydrogen-bond acceptors (Lipinski definition) is 5. The van der Waals surface area contributed by atoms with Crippen molar-refractivity contribution < 1.29 is 14.4 Å². The summed E-state index contributed by atoms with van der Waals surface area (Å²) in [7, 11) is 4.94. The second-order valence-electron chi connectivity index (χ2n) is 4.77. The van der Waals surface area contributed by atoms with Gasteiger partial charge in [-0.05, 0) is 18.5 Å². The minimum Gasteiger partial charge on any atom is -0.348 e. The van der Waals surface area contributed by atoms with Crippen LogP contribution in [0, 0.1) is 0 Å². The molecule has 1 aromatic rings. The summed E-state index contributed by atoms with van der Waals surface area (Å²) in [5.41, 5.74) is 0. The second-order valence-corrected chi connectivity index (χ2v) is 5.80. The quantitative estimate of drug-likeness (QED) is 0.780.